The molecule has 1 amide bonds. The summed E-state index contributed by atoms with van der Waals surface area (Å²) in [5.41, 5.74) is 0. The summed E-state index contributed by atoms with van der Waals surface area (Å²) in [4.78, 5) is 12.6. The number of nitrogens with one attached hydrogen (secondary N) is 1. The lowest BCUT2D eigenvalue weighted by Crippen LogP contribution is -2.53. The minimum absolute atomic E-state index is 0.360. The summed E-state index contributed by atoms with van der Waals surface area (Å²) in [6.07, 6.45) is 61.0. The van der Waals surface area contributed by atoms with Gasteiger partial charge in [-0.2, -0.15) is 0 Å². The first-order valence-electron chi connectivity index (χ1n) is 27.7. The van der Waals surface area contributed by atoms with E-state index in [2.05, 4.69) is 43.5 Å². The quantitative estimate of drug-likeness (QED) is 0.0309. The molecule has 0 aromatic rings. The maximum atomic E-state index is 12.6. The standard InChI is InChI=1S/C56H109NO5/c1-3-5-7-9-11-13-15-17-19-21-23-25-27-29-31-33-35-37-39-41-43-45-47-49-53(59)55(61)52(51-58)57-56(62)54(60)50-48-46-44-42-40-38-36-34-32-30-28-26-24-22-20-18-16-14-12-10-8-6-4-2/h30,32,41,43,52-55,58-61H,3-29,31,33-40,42,44-51H2,1-2H3,(H,57,62)/b32-30-,43-41+. The van der Waals surface area contributed by atoms with E-state index in [4.69, 9.17) is 0 Å². The van der Waals surface area contributed by atoms with E-state index >= 15 is 0 Å². The average Bonchev–Trinajstić information content (AvgIpc) is 3.28. The Morgan fingerprint density at radius 3 is 0.968 bits per heavy atom. The van der Waals surface area contributed by atoms with Gasteiger partial charge in [-0.15, -0.1) is 0 Å². The Kier molecular flexibility index (Phi) is 49.8. The van der Waals surface area contributed by atoms with Crippen LogP contribution in [0.15, 0.2) is 24.3 Å². The summed E-state index contributed by atoms with van der Waals surface area (Å²) in [7, 11) is 0. The predicted molar refractivity (Wildman–Crippen MR) is 270 cm³/mol. The molecule has 0 bridgehead atoms. The van der Waals surface area contributed by atoms with Crippen molar-refractivity contribution in [2.75, 3.05) is 6.61 Å². The molecular formula is C56H109NO5. The smallest absolute Gasteiger partial charge is 0.249 e. The van der Waals surface area contributed by atoms with E-state index < -0.39 is 36.9 Å². The van der Waals surface area contributed by atoms with Crippen LogP contribution in [0.1, 0.15) is 296 Å². The molecular weight excluding hydrogens is 767 g/mol. The zero-order valence-corrected chi connectivity index (χ0v) is 41.6. The Bertz CT molecular complexity index is 939. The Labute approximate surface area is 386 Å². The van der Waals surface area contributed by atoms with Gasteiger partial charge in [0.2, 0.25) is 5.91 Å². The van der Waals surface area contributed by atoms with Gasteiger partial charge in [0.1, 0.15) is 12.2 Å². The van der Waals surface area contributed by atoms with Crippen LogP contribution in [0.2, 0.25) is 0 Å². The number of hydrogen-bond donors (Lipinski definition) is 5. The number of allylic oxidation sites excluding steroid dienone is 4. The highest BCUT2D eigenvalue weighted by Crippen LogP contribution is 2.17. The number of aliphatic hydroxyl groups is 4. The van der Waals surface area contributed by atoms with Crippen molar-refractivity contribution < 1.29 is 25.2 Å². The van der Waals surface area contributed by atoms with Crippen LogP contribution in [-0.2, 0) is 4.79 Å². The molecule has 0 fully saturated rings. The van der Waals surface area contributed by atoms with E-state index in [9.17, 15) is 25.2 Å². The van der Waals surface area contributed by atoms with E-state index in [0.29, 0.717) is 12.8 Å². The fourth-order valence-corrected chi connectivity index (χ4v) is 8.75. The van der Waals surface area contributed by atoms with Crippen LogP contribution in [0.5, 0.6) is 0 Å². The number of carbonyl (C=O) groups is 1. The number of amides is 1. The second-order valence-electron chi connectivity index (χ2n) is 19.3. The van der Waals surface area contributed by atoms with Crippen LogP contribution in [0.4, 0.5) is 0 Å². The third kappa shape index (κ3) is 44.0. The van der Waals surface area contributed by atoms with Gasteiger partial charge in [-0.05, 0) is 64.2 Å². The molecule has 0 saturated heterocycles. The number of hydrogen-bond acceptors (Lipinski definition) is 5. The number of carbonyl (C=O) groups excluding carboxylic acids is 1. The molecule has 4 atom stereocenters. The molecule has 0 radical (unpaired) electrons. The summed E-state index contributed by atoms with van der Waals surface area (Å²) >= 11 is 0. The van der Waals surface area contributed by atoms with Gasteiger partial charge in [0.25, 0.3) is 0 Å². The number of unbranched alkanes of at least 4 members (excludes halogenated alkanes) is 38. The van der Waals surface area contributed by atoms with Gasteiger partial charge < -0.3 is 25.7 Å². The second-order valence-corrected chi connectivity index (χ2v) is 19.3. The molecule has 0 spiro atoms. The fourth-order valence-electron chi connectivity index (χ4n) is 8.75. The molecule has 0 rings (SSSR count). The Morgan fingerprint density at radius 2 is 0.661 bits per heavy atom. The monoisotopic (exact) mass is 876 g/mol. The van der Waals surface area contributed by atoms with Gasteiger partial charge in [-0.3, -0.25) is 4.79 Å². The van der Waals surface area contributed by atoms with Crippen molar-refractivity contribution in [1.82, 2.24) is 5.32 Å². The first kappa shape index (κ1) is 60.8. The van der Waals surface area contributed by atoms with Gasteiger partial charge in [0.05, 0.1) is 18.8 Å². The molecule has 0 aromatic heterocycles. The number of aliphatic hydroxyl groups excluding tert-OH is 4. The molecule has 0 aliphatic rings. The average molecular weight is 876 g/mol. The lowest BCUT2D eigenvalue weighted by molar-refractivity contribution is -0.132. The van der Waals surface area contributed by atoms with E-state index in [1.807, 2.05) is 0 Å². The Morgan fingerprint density at radius 1 is 0.387 bits per heavy atom. The Hall–Kier alpha value is -1.21. The van der Waals surface area contributed by atoms with Crippen LogP contribution >= 0.6 is 0 Å². The van der Waals surface area contributed by atoms with Crippen molar-refractivity contribution in [3.8, 4) is 0 Å². The lowest BCUT2D eigenvalue weighted by Gasteiger charge is -2.27. The van der Waals surface area contributed by atoms with Crippen molar-refractivity contribution in [1.29, 1.82) is 0 Å². The van der Waals surface area contributed by atoms with Gasteiger partial charge in [0.15, 0.2) is 0 Å². The van der Waals surface area contributed by atoms with Crippen LogP contribution in [0.25, 0.3) is 0 Å². The Balaban J connectivity index is 3.67. The maximum absolute atomic E-state index is 12.6. The maximum Gasteiger partial charge on any atom is 0.249 e. The van der Waals surface area contributed by atoms with Gasteiger partial charge in [-0.25, -0.2) is 0 Å². The largest absolute Gasteiger partial charge is 0.394 e. The molecule has 62 heavy (non-hydrogen) atoms. The molecule has 5 N–H and O–H groups in total. The summed E-state index contributed by atoms with van der Waals surface area (Å²) in [5.74, 6) is -0.593. The fraction of sp³-hybridized carbons (Fsp3) is 0.911. The van der Waals surface area contributed by atoms with E-state index in [-0.39, 0.29) is 0 Å². The van der Waals surface area contributed by atoms with Crippen LogP contribution < -0.4 is 5.32 Å². The van der Waals surface area contributed by atoms with Crippen LogP contribution in [0, 0.1) is 0 Å². The lowest BCUT2D eigenvalue weighted by atomic mass is 10.00. The van der Waals surface area contributed by atoms with Crippen molar-refractivity contribution in [3.05, 3.63) is 24.3 Å². The highest BCUT2D eigenvalue weighted by atomic mass is 16.3. The minimum atomic E-state index is -1.28. The highest BCUT2D eigenvalue weighted by molar-refractivity contribution is 5.80. The van der Waals surface area contributed by atoms with E-state index in [1.54, 1.807) is 0 Å². The normalized spacial score (nSPS) is 14.0. The number of rotatable bonds is 51. The summed E-state index contributed by atoms with van der Waals surface area (Å²) in [5, 5.41) is 43.9. The molecule has 6 heteroatoms. The molecule has 0 aliphatic heterocycles. The molecule has 0 saturated carbocycles. The topological polar surface area (TPSA) is 110 Å². The summed E-state index contributed by atoms with van der Waals surface area (Å²) in [6, 6.07) is -1.00. The SMILES string of the molecule is CCCCCCCCCCCCCC/C=C\CCCCCCCCCC(O)C(=O)NC(CO)C(O)C(O)CCC/C=C/CCCCCCCCCCCCCCCCCCCC. The van der Waals surface area contributed by atoms with Crippen LogP contribution in [0.3, 0.4) is 0 Å². The minimum Gasteiger partial charge on any atom is -0.394 e. The zero-order chi connectivity index (χ0) is 45.2. The van der Waals surface area contributed by atoms with E-state index in [1.165, 1.54) is 231 Å². The van der Waals surface area contributed by atoms with Crippen molar-refractivity contribution in [2.45, 2.75) is 321 Å². The third-order valence-electron chi connectivity index (χ3n) is 13.1. The van der Waals surface area contributed by atoms with Crippen molar-refractivity contribution in [2.24, 2.45) is 0 Å². The zero-order valence-electron chi connectivity index (χ0n) is 41.6. The summed E-state index contributed by atoms with van der Waals surface area (Å²) in [6.45, 7) is 4.08. The molecule has 368 valence electrons. The molecule has 6 nitrogen and oxygen atoms in total. The van der Waals surface area contributed by atoms with Gasteiger partial charge >= 0.3 is 0 Å². The summed E-state index contributed by atoms with van der Waals surface area (Å²) < 4.78 is 0. The van der Waals surface area contributed by atoms with Gasteiger partial charge in [0, 0.05) is 0 Å². The third-order valence-corrected chi connectivity index (χ3v) is 13.1. The van der Waals surface area contributed by atoms with Gasteiger partial charge in [-0.1, -0.05) is 256 Å². The second kappa shape index (κ2) is 50.8. The highest BCUT2D eigenvalue weighted by Gasteiger charge is 2.28. The predicted octanol–water partition coefficient (Wildman–Crippen LogP) is 15.9. The van der Waals surface area contributed by atoms with E-state index in [0.717, 1.165) is 38.5 Å². The molecule has 4 unspecified atom stereocenters. The first-order chi connectivity index (χ1) is 30.5. The first-order valence-corrected chi connectivity index (χ1v) is 27.7. The molecule has 0 heterocycles. The van der Waals surface area contributed by atoms with Crippen molar-refractivity contribution in [3.63, 3.8) is 0 Å². The van der Waals surface area contributed by atoms with Crippen LogP contribution in [-0.4, -0.2) is 57.3 Å². The molecule has 0 aliphatic carbocycles. The van der Waals surface area contributed by atoms with Crippen molar-refractivity contribution >= 4 is 5.91 Å². The molecule has 0 aromatic carbocycles.